The van der Waals surface area contributed by atoms with Crippen LogP contribution in [0.15, 0.2) is 0 Å². The van der Waals surface area contributed by atoms with Gasteiger partial charge in [0.25, 0.3) is 0 Å². The monoisotopic (exact) mass is 276 g/mol. The van der Waals surface area contributed by atoms with Crippen molar-refractivity contribution in [3.05, 3.63) is 0 Å². The third-order valence-corrected chi connectivity index (χ3v) is 0. The van der Waals surface area contributed by atoms with E-state index in [1.165, 1.54) is 0 Å². The van der Waals surface area contributed by atoms with E-state index in [9.17, 15) is 0 Å². The third kappa shape index (κ3) is 262. The summed E-state index contributed by atoms with van der Waals surface area (Å²) in [5.74, 6) is 0. The molecular weight excluding hydrogens is 270 g/mol. The fraction of sp³-hybridized carbons (Fsp3) is 0. The minimum atomic E-state index is -3.97. The van der Waals surface area contributed by atoms with E-state index in [2.05, 4.69) is 23.3 Å². The summed E-state index contributed by atoms with van der Waals surface area (Å²) in [5, 5.41) is 0. The van der Waals surface area contributed by atoms with Crippen LogP contribution in [0.5, 0.6) is 0 Å². The van der Waals surface area contributed by atoms with Gasteiger partial charge < -0.3 is 0 Å². The summed E-state index contributed by atoms with van der Waals surface area (Å²) in [4.78, 5) is 0. The molecule has 0 aromatic rings. The Bertz CT molecular complexity index is 214. The summed E-state index contributed by atoms with van der Waals surface area (Å²) < 4.78 is 50.9. The zero-order valence-corrected chi connectivity index (χ0v) is 7.66. The summed E-state index contributed by atoms with van der Waals surface area (Å²) >= 11 is 5.30. The maximum absolute atomic E-state index is 9.05. The van der Waals surface area contributed by atoms with E-state index < -0.39 is 18.3 Å². The number of hydrogen-bond donors (Lipinski definition) is 4. The van der Waals surface area contributed by atoms with E-state index in [1.807, 2.05) is 0 Å². The number of rotatable bonds is 0. The van der Waals surface area contributed by atoms with Crippen LogP contribution >= 0.6 is 23.3 Å². The van der Waals surface area contributed by atoms with Gasteiger partial charge in [-0.2, -0.15) is 16.8 Å². The van der Waals surface area contributed by atoms with Crippen LogP contribution in [0, 0.1) is 0 Å². The van der Waals surface area contributed by atoms with Gasteiger partial charge in [0.05, 0.1) is 0 Å². The first kappa shape index (κ1) is 24.0. The van der Waals surface area contributed by atoms with Crippen molar-refractivity contribution in [2.45, 2.75) is 0 Å². The van der Waals surface area contributed by atoms with Crippen LogP contribution < -0.4 is 0 Å². The Morgan fingerprint density at radius 1 is 0.750 bits per heavy atom. The fourth-order valence-corrected chi connectivity index (χ4v) is 0. The fourth-order valence-electron chi connectivity index (χ4n) is 0. The average Bonchev–Trinajstić information content (AvgIpc) is 1.12. The van der Waals surface area contributed by atoms with E-state index >= 15 is 0 Å². The van der Waals surface area contributed by atoms with Gasteiger partial charge in [0.1, 0.15) is 0 Å². The molecule has 68 valence electrons. The first-order valence-corrected chi connectivity index (χ1v) is 6.38. The van der Waals surface area contributed by atoms with Gasteiger partial charge in [0, 0.05) is 0 Å². The second-order valence-electron chi connectivity index (χ2n) is 0.896. The molecule has 0 saturated carbocycles. The molecule has 0 radical (unpaired) electrons. The van der Waals surface area contributed by atoms with Crippen LogP contribution in [0.4, 0.5) is 0 Å². The van der Waals surface area contributed by atoms with Crippen LogP contribution in [-0.2, 0) is 18.3 Å². The summed E-state index contributed by atoms with van der Waals surface area (Å²) in [6, 6.07) is 0. The Morgan fingerprint density at radius 3 is 0.750 bits per heavy atom. The van der Waals surface area contributed by atoms with Crippen molar-refractivity contribution < 1.29 is 25.9 Å². The molecular formula is H6Na2O6S4. The van der Waals surface area contributed by atoms with Crippen molar-refractivity contribution in [1.29, 1.82) is 0 Å². The molecule has 12 heavy (non-hydrogen) atoms. The molecule has 0 atom stereocenters. The molecule has 0 rings (SSSR count). The average molecular weight is 276 g/mol. The first-order chi connectivity index (χ1) is 4.00. The van der Waals surface area contributed by atoms with Crippen LogP contribution in [0.25, 0.3) is 0 Å². The molecule has 0 aromatic heterocycles. The van der Waals surface area contributed by atoms with Crippen molar-refractivity contribution >= 4 is 101 Å². The molecule has 0 aromatic carbocycles. The molecule has 0 amide bonds. The topological polar surface area (TPSA) is 109 Å². The van der Waals surface area contributed by atoms with Gasteiger partial charge in [-0.05, 0) is 23.3 Å². The first-order valence-electron chi connectivity index (χ1n) is 1.40. The second-order valence-corrected chi connectivity index (χ2v) is 5.46. The standard InChI is InChI=1S/2Na.2H2O3S2.2H/c;;2*1-5(2,3)4;;/h;;2*(H2,1,2,3,4);;. The van der Waals surface area contributed by atoms with E-state index in [0.717, 1.165) is 0 Å². The Hall–Kier alpha value is 2.52. The quantitative estimate of drug-likeness (QED) is 0.179. The summed E-state index contributed by atoms with van der Waals surface area (Å²) in [6.07, 6.45) is 0. The molecule has 6 nitrogen and oxygen atoms in total. The summed E-state index contributed by atoms with van der Waals surface area (Å²) in [7, 11) is -7.94. The van der Waals surface area contributed by atoms with E-state index in [0.29, 0.717) is 0 Å². The molecule has 0 aliphatic heterocycles. The maximum atomic E-state index is 9.05. The number of thiol groups is 2. The van der Waals surface area contributed by atoms with E-state index in [4.69, 9.17) is 25.9 Å². The van der Waals surface area contributed by atoms with E-state index in [1.54, 1.807) is 0 Å². The molecule has 0 unspecified atom stereocenters. The minimum absolute atomic E-state index is 0. The zero-order valence-electron chi connectivity index (χ0n) is 4.24. The molecule has 0 bridgehead atoms. The van der Waals surface area contributed by atoms with Gasteiger partial charge in [-0.15, -0.1) is 0 Å². The zero-order chi connectivity index (χ0) is 9.00. The van der Waals surface area contributed by atoms with Gasteiger partial charge in [-0.1, -0.05) is 0 Å². The molecule has 12 heteroatoms. The predicted molar refractivity (Wildman–Crippen MR) is 55.4 cm³/mol. The normalized spacial score (nSPS) is 9.67. The molecule has 0 fully saturated rings. The SMILES string of the molecule is O=S(=O)(O)S.O=S(=O)(O)S.[NaH].[NaH]. The van der Waals surface area contributed by atoms with Crippen LogP contribution in [0.3, 0.4) is 0 Å². The Labute approximate surface area is 125 Å². The van der Waals surface area contributed by atoms with Crippen molar-refractivity contribution in [2.75, 3.05) is 0 Å². The van der Waals surface area contributed by atoms with Gasteiger partial charge in [-0.3, -0.25) is 9.11 Å². The molecule has 0 heterocycles. The Morgan fingerprint density at radius 2 is 0.750 bits per heavy atom. The van der Waals surface area contributed by atoms with Crippen molar-refractivity contribution in [3.63, 3.8) is 0 Å². The predicted octanol–water partition coefficient (Wildman–Crippen LogP) is -1.86. The van der Waals surface area contributed by atoms with Gasteiger partial charge in [0.2, 0.25) is 0 Å². The van der Waals surface area contributed by atoms with Gasteiger partial charge in [-0.25, -0.2) is 0 Å². The second kappa shape index (κ2) is 10.1. The van der Waals surface area contributed by atoms with Gasteiger partial charge >= 0.3 is 77.4 Å². The molecule has 0 aliphatic carbocycles. The van der Waals surface area contributed by atoms with Crippen LogP contribution in [0.1, 0.15) is 0 Å². The molecule has 2 N–H and O–H groups in total. The summed E-state index contributed by atoms with van der Waals surface area (Å²) in [6.45, 7) is 0. The number of hydrogen-bond acceptors (Lipinski definition) is 4. The summed E-state index contributed by atoms with van der Waals surface area (Å²) in [5.41, 5.74) is 0. The third-order valence-electron chi connectivity index (χ3n) is 0. The van der Waals surface area contributed by atoms with Crippen molar-refractivity contribution in [2.24, 2.45) is 0 Å². The Kier molecular flexibility index (Phi) is 20.1. The molecule has 0 spiro atoms. The Balaban J connectivity index is -0.0000000457. The van der Waals surface area contributed by atoms with Gasteiger partial charge in [0.15, 0.2) is 0 Å². The van der Waals surface area contributed by atoms with Crippen molar-refractivity contribution in [3.8, 4) is 0 Å². The van der Waals surface area contributed by atoms with Crippen LogP contribution in [-0.4, -0.2) is 85.1 Å². The molecule has 0 aliphatic rings. The van der Waals surface area contributed by atoms with Crippen LogP contribution in [0.2, 0.25) is 0 Å². The van der Waals surface area contributed by atoms with Crippen molar-refractivity contribution in [1.82, 2.24) is 0 Å². The van der Waals surface area contributed by atoms with E-state index in [-0.39, 0.29) is 59.1 Å². The molecule has 0 saturated heterocycles.